The van der Waals surface area contributed by atoms with Crippen LogP contribution in [0, 0.1) is 6.92 Å². The van der Waals surface area contributed by atoms with Gasteiger partial charge in [-0.15, -0.1) is 0 Å². The number of hydrogen-bond donors (Lipinski definition) is 2. The van der Waals surface area contributed by atoms with Crippen molar-refractivity contribution < 1.29 is 9.69 Å². The molecular formula is C19H23ClN3O+. The molecule has 0 aromatic heterocycles. The average molecular weight is 345 g/mol. The summed E-state index contributed by atoms with van der Waals surface area (Å²) in [7, 11) is 0. The number of anilines is 2. The van der Waals surface area contributed by atoms with Crippen LogP contribution in [0.4, 0.5) is 11.4 Å². The summed E-state index contributed by atoms with van der Waals surface area (Å²) < 4.78 is 0. The topological polar surface area (TPSA) is 36.8 Å². The fourth-order valence-corrected chi connectivity index (χ4v) is 3.34. The largest absolute Gasteiger partial charge is 0.359 e. The van der Waals surface area contributed by atoms with E-state index in [9.17, 15) is 4.79 Å². The van der Waals surface area contributed by atoms with E-state index in [0.29, 0.717) is 6.54 Å². The smallest absolute Gasteiger partial charge is 0.279 e. The number of amides is 1. The predicted octanol–water partition coefficient (Wildman–Crippen LogP) is 1.99. The van der Waals surface area contributed by atoms with Crippen LogP contribution in [0.1, 0.15) is 5.56 Å². The number of para-hydroxylation sites is 2. The normalized spacial score (nSPS) is 15.3. The van der Waals surface area contributed by atoms with Gasteiger partial charge in [-0.05, 0) is 30.7 Å². The molecule has 4 nitrogen and oxygen atoms in total. The summed E-state index contributed by atoms with van der Waals surface area (Å²) in [6.07, 6.45) is 0. The fraction of sp³-hybridized carbons (Fsp3) is 0.316. The summed E-state index contributed by atoms with van der Waals surface area (Å²) in [5, 5.41) is 3.81. The molecule has 1 aliphatic rings. The Bertz CT molecular complexity index is 711. The molecule has 0 radical (unpaired) electrons. The van der Waals surface area contributed by atoms with Crippen LogP contribution in [-0.4, -0.2) is 38.6 Å². The highest BCUT2D eigenvalue weighted by Gasteiger charge is 2.23. The molecule has 5 heteroatoms. The second kappa shape index (κ2) is 7.69. The minimum absolute atomic E-state index is 0.0745. The molecule has 0 spiro atoms. The lowest BCUT2D eigenvalue weighted by Crippen LogP contribution is -3.15. The Morgan fingerprint density at radius 1 is 1.12 bits per heavy atom. The van der Waals surface area contributed by atoms with Gasteiger partial charge in [0.15, 0.2) is 6.54 Å². The number of piperazine rings is 1. The zero-order chi connectivity index (χ0) is 16.9. The molecule has 2 N–H and O–H groups in total. The third kappa shape index (κ3) is 4.08. The summed E-state index contributed by atoms with van der Waals surface area (Å²) in [5.41, 5.74) is 3.07. The maximum Gasteiger partial charge on any atom is 0.279 e. The van der Waals surface area contributed by atoms with Gasteiger partial charge in [-0.3, -0.25) is 4.79 Å². The van der Waals surface area contributed by atoms with Crippen LogP contribution in [0.2, 0.25) is 5.02 Å². The number of carbonyl (C=O) groups excluding carboxylic acids is 1. The van der Waals surface area contributed by atoms with Crippen LogP contribution in [-0.2, 0) is 4.79 Å². The number of benzene rings is 2. The van der Waals surface area contributed by atoms with Crippen molar-refractivity contribution in [2.75, 3.05) is 42.9 Å². The van der Waals surface area contributed by atoms with E-state index in [1.54, 1.807) is 0 Å². The van der Waals surface area contributed by atoms with E-state index in [1.807, 2.05) is 49.4 Å². The number of aryl methyl sites for hydroxylation is 1. The van der Waals surface area contributed by atoms with E-state index in [0.717, 1.165) is 48.1 Å². The van der Waals surface area contributed by atoms with Crippen LogP contribution < -0.4 is 15.1 Å². The van der Waals surface area contributed by atoms with Crippen LogP contribution in [0.3, 0.4) is 0 Å². The van der Waals surface area contributed by atoms with E-state index in [-0.39, 0.29) is 5.91 Å². The van der Waals surface area contributed by atoms with Crippen LogP contribution in [0.5, 0.6) is 0 Å². The fourth-order valence-electron chi connectivity index (χ4n) is 3.08. The van der Waals surface area contributed by atoms with Gasteiger partial charge in [-0.1, -0.05) is 41.9 Å². The molecule has 24 heavy (non-hydrogen) atoms. The van der Waals surface area contributed by atoms with Gasteiger partial charge in [-0.25, -0.2) is 0 Å². The molecule has 0 atom stereocenters. The van der Waals surface area contributed by atoms with Crippen molar-refractivity contribution in [3.8, 4) is 0 Å². The Morgan fingerprint density at radius 2 is 1.79 bits per heavy atom. The Balaban J connectivity index is 1.51. The Kier molecular flexibility index (Phi) is 5.38. The number of hydrogen-bond acceptors (Lipinski definition) is 2. The van der Waals surface area contributed by atoms with Crippen molar-refractivity contribution in [3.05, 3.63) is 59.1 Å². The Morgan fingerprint density at radius 3 is 2.50 bits per heavy atom. The average Bonchev–Trinajstić information content (AvgIpc) is 2.58. The SMILES string of the molecule is Cc1ccccc1NC(=O)C[NH+]1CCN(c2ccccc2Cl)CC1. The third-order valence-corrected chi connectivity index (χ3v) is 4.81. The molecule has 0 unspecified atom stereocenters. The van der Waals surface area contributed by atoms with Gasteiger partial charge in [0, 0.05) is 5.69 Å². The second-order valence-electron chi connectivity index (χ2n) is 6.23. The van der Waals surface area contributed by atoms with Gasteiger partial charge in [-0.2, -0.15) is 0 Å². The number of nitrogens with zero attached hydrogens (tertiary/aromatic N) is 1. The number of quaternary nitrogens is 1. The van der Waals surface area contributed by atoms with Crippen LogP contribution in [0.25, 0.3) is 0 Å². The molecule has 2 aromatic rings. The van der Waals surface area contributed by atoms with Crippen LogP contribution in [0.15, 0.2) is 48.5 Å². The zero-order valence-corrected chi connectivity index (χ0v) is 14.6. The van der Waals surface area contributed by atoms with Gasteiger partial charge >= 0.3 is 0 Å². The van der Waals surface area contributed by atoms with Crippen molar-refractivity contribution in [2.45, 2.75) is 6.92 Å². The highest BCUT2D eigenvalue weighted by Crippen LogP contribution is 2.24. The van der Waals surface area contributed by atoms with Crippen molar-refractivity contribution in [3.63, 3.8) is 0 Å². The third-order valence-electron chi connectivity index (χ3n) is 4.49. The van der Waals surface area contributed by atoms with Gasteiger partial charge in [0.05, 0.1) is 36.9 Å². The van der Waals surface area contributed by atoms with E-state index in [4.69, 9.17) is 11.6 Å². The van der Waals surface area contributed by atoms with Crippen molar-refractivity contribution in [1.29, 1.82) is 0 Å². The molecule has 1 saturated heterocycles. The summed E-state index contributed by atoms with van der Waals surface area (Å²) >= 11 is 6.27. The Hall–Kier alpha value is -2.04. The summed E-state index contributed by atoms with van der Waals surface area (Å²) in [5.74, 6) is 0.0745. The van der Waals surface area contributed by atoms with E-state index < -0.39 is 0 Å². The van der Waals surface area contributed by atoms with Gasteiger partial charge in [0.2, 0.25) is 0 Å². The first-order chi connectivity index (χ1) is 11.6. The molecule has 126 valence electrons. The zero-order valence-electron chi connectivity index (χ0n) is 13.9. The van der Waals surface area contributed by atoms with Crippen molar-refractivity contribution in [1.82, 2.24) is 0 Å². The molecule has 2 aromatic carbocycles. The predicted molar refractivity (Wildman–Crippen MR) is 99.0 cm³/mol. The molecule has 1 fully saturated rings. The number of carbonyl (C=O) groups is 1. The van der Waals surface area contributed by atoms with Crippen molar-refractivity contribution in [2.24, 2.45) is 0 Å². The lowest BCUT2D eigenvalue weighted by Gasteiger charge is -2.33. The molecule has 0 bridgehead atoms. The minimum atomic E-state index is 0.0745. The first-order valence-electron chi connectivity index (χ1n) is 8.32. The minimum Gasteiger partial charge on any atom is -0.359 e. The van der Waals surface area contributed by atoms with Gasteiger partial charge in [0.1, 0.15) is 0 Å². The lowest BCUT2D eigenvalue weighted by molar-refractivity contribution is -0.892. The molecule has 3 rings (SSSR count). The van der Waals surface area contributed by atoms with Crippen LogP contribution >= 0.6 is 11.6 Å². The standard InChI is InChI=1S/C19H22ClN3O/c1-15-6-2-4-8-17(15)21-19(24)14-22-10-12-23(13-11-22)18-9-5-3-7-16(18)20/h2-9H,10-14H2,1H3,(H,21,24)/p+1. The molecule has 0 aliphatic carbocycles. The highest BCUT2D eigenvalue weighted by molar-refractivity contribution is 6.33. The van der Waals surface area contributed by atoms with Gasteiger partial charge in [0.25, 0.3) is 5.91 Å². The highest BCUT2D eigenvalue weighted by atomic mass is 35.5. The number of halogens is 1. The van der Waals surface area contributed by atoms with Crippen molar-refractivity contribution >= 4 is 28.9 Å². The molecular weight excluding hydrogens is 322 g/mol. The molecule has 1 aliphatic heterocycles. The second-order valence-corrected chi connectivity index (χ2v) is 6.64. The number of nitrogens with one attached hydrogen (secondary N) is 2. The Labute approximate surface area is 148 Å². The molecule has 1 heterocycles. The molecule has 0 saturated carbocycles. The first kappa shape index (κ1) is 16.8. The summed E-state index contributed by atoms with van der Waals surface area (Å²) in [4.78, 5) is 15.9. The number of rotatable bonds is 4. The first-order valence-corrected chi connectivity index (χ1v) is 8.70. The summed E-state index contributed by atoms with van der Waals surface area (Å²) in [6, 6.07) is 15.8. The maximum atomic E-state index is 12.3. The van der Waals surface area contributed by atoms with Gasteiger partial charge < -0.3 is 15.1 Å². The van der Waals surface area contributed by atoms with E-state index >= 15 is 0 Å². The van der Waals surface area contributed by atoms with E-state index in [1.165, 1.54) is 4.90 Å². The summed E-state index contributed by atoms with van der Waals surface area (Å²) in [6.45, 7) is 6.21. The quantitative estimate of drug-likeness (QED) is 0.890. The van der Waals surface area contributed by atoms with E-state index in [2.05, 4.69) is 16.3 Å². The lowest BCUT2D eigenvalue weighted by atomic mass is 10.2. The monoisotopic (exact) mass is 344 g/mol. The maximum absolute atomic E-state index is 12.3. The molecule has 1 amide bonds.